The second kappa shape index (κ2) is 9.05. The number of nitrogens with zero attached hydrogens (tertiary/aromatic N) is 3. The fraction of sp³-hybridized carbons (Fsp3) is 0.300. The lowest BCUT2D eigenvalue weighted by Gasteiger charge is -2.17. The van der Waals surface area contributed by atoms with Gasteiger partial charge in [0, 0.05) is 36.0 Å². The maximum atomic E-state index is 12.3. The predicted molar refractivity (Wildman–Crippen MR) is 109 cm³/mol. The van der Waals surface area contributed by atoms with Crippen LogP contribution >= 0.6 is 0 Å². The quantitative estimate of drug-likeness (QED) is 0.420. The Hall–Kier alpha value is -3.62. The van der Waals surface area contributed by atoms with Gasteiger partial charge in [-0.05, 0) is 44.0 Å². The van der Waals surface area contributed by atoms with E-state index in [0.29, 0.717) is 5.56 Å². The molecule has 3 rings (SSSR count). The number of anilines is 1. The number of hydrogen-bond acceptors (Lipinski definition) is 7. The highest BCUT2D eigenvalue weighted by molar-refractivity contribution is 5.95. The number of phenols is 1. The van der Waals surface area contributed by atoms with Crippen molar-refractivity contribution < 1.29 is 19.6 Å². The highest BCUT2D eigenvalue weighted by atomic mass is 16.6. The van der Waals surface area contributed by atoms with Crippen molar-refractivity contribution in [3.05, 3.63) is 57.6 Å². The number of aromatic hydroxyl groups is 1. The molecule has 0 bridgehead atoms. The number of rotatable bonds is 7. The molecule has 2 aromatic carbocycles. The maximum Gasteiger partial charge on any atom is 0.274 e. The van der Waals surface area contributed by atoms with E-state index in [1.54, 1.807) is 19.1 Å². The Morgan fingerprint density at radius 2 is 2.00 bits per heavy atom. The van der Waals surface area contributed by atoms with Gasteiger partial charge in [0.05, 0.1) is 23.8 Å². The number of nitro benzene ring substituents is 1. The fourth-order valence-corrected chi connectivity index (χ4v) is 3.11. The lowest BCUT2D eigenvalue weighted by Crippen LogP contribution is -2.19. The summed E-state index contributed by atoms with van der Waals surface area (Å²) in [6.07, 6.45) is 3.49. The van der Waals surface area contributed by atoms with Crippen LogP contribution in [0.25, 0.3) is 0 Å². The molecule has 1 saturated heterocycles. The van der Waals surface area contributed by atoms with E-state index in [9.17, 15) is 20.0 Å². The van der Waals surface area contributed by atoms with E-state index in [0.717, 1.165) is 37.1 Å². The smallest absolute Gasteiger partial charge is 0.274 e. The number of carbonyl (C=O) groups excluding carboxylic acids is 1. The summed E-state index contributed by atoms with van der Waals surface area (Å²) >= 11 is 0. The molecule has 152 valence electrons. The van der Waals surface area contributed by atoms with Crippen molar-refractivity contribution >= 4 is 23.5 Å². The van der Waals surface area contributed by atoms with Gasteiger partial charge in [0.15, 0.2) is 11.5 Å². The first-order valence-electron chi connectivity index (χ1n) is 9.32. The molecule has 0 saturated carbocycles. The van der Waals surface area contributed by atoms with Crippen molar-refractivity contribution in [1.82, 2.24) is 5.43 Å². The molecular weight excluding hydrogens is 376 g/mol. The summed E-state index contributed by atoms with van der Waals surface area (Å²) in [6.45, 7) is 3.97. The van der Waals surface area contributed by atoms with Gasteiger partial charge in [-0.2, -0.15) is 5.10 Å². The lowest BCUT2D eigenvalue weighted by atomic mass is 10.1. The van der Waals surface area contributed by atoms with E-state index < -0.39 is 10.8 Å². The summed E-state index contributed by atoms with van der Waals surface area (Å²) in [6, 6.07) is 9.51. The first-order chi connectivity index (χ1) is 14.0. The molecule has 1 amide bonds. The predicted octanol–water partition coefficient (Wildman–Crippen LogP) is 3.06. The summed E-state index contributed by atoms with van der Waals surface area (Å²) in [5, 5.41) is 25.1. The summed E-state index contributed by atoms with van der Waals surface area (Å²) in [5.41, 5.74) is 3.68. The summed E-state index contributed by atoms with van der Waals surface area (Å²) in [7, 11) is 0. The number of non-ortho nitro benzene ring substituents is 1. The Labute approximate surface area is 167 Å². The topological polar surface area (TPSA) is 117 Å². The van der Waals surface area contributed by atoms with E-state index in [-0.39, 0.29) is 29.4 Å². The molecule has 29 heavy (non-hydrogen) atoms. The normalized spacial score (nSPS) is 13.6. The summed E-state index contributed by atoms with van der Waals surface area (Å²) in [4.78, 5) is 25.0. The van der Waals surface area contributed by atoms with Gasteiger partial charge in [-0.3, -0.25) is 14.9 Å². The average molecular weight is 398 g/mol. The molecule has 2 aromatic rings. The highest BCUT2D eigenvalue weighted by Gasteiger charge is 2.16. The Morgan fingerprint density at radius 3 is 2.62 bits per heavy atom. The molecule has 1 heterocycles. The van der Waals surface area contributed by atoms with Gasteiger partial charge in [-0.25, -0.2) is 5.43 Å². The minimum Gasteiger partial charge on any atom is -0.504 e. The largest absolute Gasteiger partial charge is 0.504 e. The molecule has 9 nitrogen and oxygen atoms in total. The zero-order valence-corrected chi connectivity index (χ0v) is 16.0. The van der Waals surface area contributed by atoms with Gasteiger partial charge in [0.2, 0.25) is 0 Å². The lowest BCUT2D eigenvalue weighted by molar-refractivity contribution is -0.385. The zero-order valence-electron chi connectivity index (χ0n) is 16.0. The molecule has 1 fully saturated rings. The van der Waals surface area contributed by atoms with Crippen molar-refractivity contribution in [2.75, 3.05) is 24.6 Å². The van der Waals surface area contributed by atoms with Gasteiger partial charge in [-0.15, -0.1) is 0 Å². The average Bonchev–Trinajstić information content (AvgIpc) is 3.25. The number of ether oxygens (including phenoxy) is 1. The number of hydrogen-bond donors (Lipinski definition) is 2. The van der Waals surface area contributed by atoms with Crippen LogP contribution < -0.4 is 15.1 Å². The molecule has 2 N–H and O–H groups in total. The van der Waals surface area contributed by atoms with Crippen molar-refractivity contribution in [1.29, 1.82) is 0 Å². The third-order valence-corrected chi connectivity index (χ3v) is 4.57. The van der Waals surface area contributed by atoms with Gasteiger partial charge < -0.3 is 14.7 Å². The van der Waals surface area contributed by atoms with Crippen LogP contribution in [0.15, 0.2) is 41.5 Å². The fourth-order valence-electron chi connectivity index (χ4n) is 3.11. The van der Waals surface area contributed by atoms with Crippen LogP contribution in [0.1, 0.15) is 35.7 Å². The van der Waals surface area contributed by atoms with Crippen LogP contribution in [0.4, 0.5) is 11.4 Å². The van der Waals surface area contributed by atoms with E-state index in [1.807, 2.05) is 12.1 Å². The van der Waals surface area contributed by atoms with E-state index in [2.05, 4.69) is 15.4 Å². The number of benzene rings is 2. The van der Waals surface area contributed by atoms with Crippen molar-refractivity contribution in [2.24, 2.45) is 5.10 Å². The summed E-state index contributed by atoms with van der Waals surface area (Å²) in [5.74, 6) is -0.735. The number of amides is 1. The Morgan fingerprint density at radius 1 is 1.31 bits per heavy atom. The van der Waals surface area contributed by atoms with Crippen molar-refractivity contribution in [3.8, 4) is 11.5 Å². The molecule has 9 heteroatoms. The van der Waals surface area contributed by atoms with Crippen molar-refractivity contribution in [3.63, 3.8) is 0 Å². The second-order valence-corrected chi connectivity index (χ2v) is 6.51. The van der Waals surface area contributed by atoms with Crippen LogP contribution in [-0.4, -0.2) is 41.8 Å². The number of phenolic OH excluding ortho intramolecular Hbond substituents is 1. The number of carbonyl (C=O) groups is 1. The molecule has 0 unspecified atom stereocenters. The van der Waals surface area contributed by atoms with E-state index >= 15 is 0 Å². The van der Waals surface area contributed by atoms with Crippen LogP contribution in [0.2, 0.25) is 0 Å². The van der Waals surface area contributed by atoms with Gasteiger partial charge in [0.1, 0.15) is 0 Å². The number of nitrogens with one attached hydrogen (secondary N) is 1. The molecule has 0 radical (unpaired) electrons. The third-order valence-electron chi connectivity index (χ3n) is 4.57. The Kier molecular flexibility index (Phi) is 6.28. The molecule has 0 atom stereocenters. The monoisotopic (exact) mass is 398 g/mol. The molecule has 0 spiro atoms. The number of hydrazone groups is 1. The maximum absolute atomic E-state index is 12.3. The van der Waals surface area contributed by atoms with Crippen LogP contribution in [0, 0.1) is 10.1 Å². The molecule has 1 aliphatic rings. The van der Waals surface area contributed by atoms with Gasteiger partial charge >= 0.3 is 0 Å². The summed E-state index contributed by atoms with van der Waals surface area (Å²) < 4.78 is 5.21. The Bertz CT molecular complexity index is 921. The number of nitro groups is 1. The van der Waals surface area contributed by atoms with Crippen LogP contribution in [-0.2, 0) is 0 Å². The highest BCUT2D eigenvalue weighted by Crippen LogP contribution is 2.33. The van der Waals surface area contributed by atoms with Crippen LogP contribution in [0.3, 0.4) is 0 Å². The standard InChI is InChI=1S/C20H22N4O5/c1-2-29-18-12-17(24(27)28)11-15(19(18)25)13-21-22-20(26)14-5-7-16(8-6-14)23-9-3-4-10-23/h5-8,11-13,25H,2-4,9-10H2,1H3,(H,22,26)/b21-13+. The molecular formula is C20H22N4O5. The molecule has 0 aliphatic carbocycles. The zero-order chi connectivity index (χ0) is 20.8. The first kappa shape index (κ1) is 20.1. The molecule has 1 aliphatic heterocycles. The van der Waals surface area contributed by atoms with Gasteiger partial charge in [0.25, 0.3) is 11.6 Å². The SMILES string of the molecule is CCOc1cc([N+](=O)[O-])cc(/C=N/NC(=O)c2ccc(N3CCCC3)cc2)c1O. The van der Waals surface area contributed by atoms with E-state index in [1.165, 1.54) is 12.8 Å². The van der Waals surface area contributed by atoms with Crippen molar-refractivity contribution in [2.45, 2.75) is 19.8 Å². The molecule has 0 aromatic heterocycles. The van der Waals surface area contributed by atoms with E-state index in [4.69, 9.17) is 4.74 Å². The second-order valence-electron chi connectivity index (χ2n) is 6.51. The first-order valence-corrected chi connectivity index (χ1v) is 9.32. The third kappa shape index (κ3) is 4.81. The Balaban J connectivity index is 1.70. The van der Waals surface area contributed by atoms with Gasteiger partial charge in [-0.1, -0.05) is 0 Å². The van der Waals surface area contributed by atoms with Crippen LogP contribution in [0.5, 0.6) is 11.5 Å². The minimum atomic E-state index is -0.597. The minimum absolute atomic E-state index is 0.0213.